The van der Waals surface area contributed by atoms with Gasteiger partial charge in [-0.3, -0.25) is 9.69 Å². The topological polar surface area (TPSA) is 47.3 Å². The first-order chi connectivity index (χ1) is 10.2. The van der Waals surface area contributed by atoms with Crippen molar-refractivity contribution in [2.75, 3.05) is 26.7 Å². The van der Waals surface area contributed by atoms with Crippen LogP contribution in [0.2, 0.25) is 0 Å². The van der Waals surface area contributed by atoms with Gasteiger partial charge in [0.2, 0.25) is 5.91 Å². The van der Waals surface area contributed by atoms with Gasteiger partial charge in [-0.2, -0.15) is 5.26 Å². The summed E-state index contributed by atoms with van der Waals surface area (Å²) in [7, 11) is 1.81. The fourth-order valence-electron chi connectivity index (χ4n) is 3.06. The van der Waals surface area contributed by atoms with E-state index in [1.807, 2.05) is 37.4 Å². The van der Waals surface area contributed by atoms with Crippen LogP contribution in [0, 0.1) is 11.3 Å². The molecular weight excluding hydrogens is 262 g/mol. The molecule has 1 fully saturated rings. The highest BCUT2D eigenvalue weighted by molar-refractivity contribution is 5.86. The molecule has 0 N–H and O–H groups in total. The first kappa shape index (κ1) is 15.5. The number of hydrogen-bond acceptors (Lipinski definition) is 3. The lowest BCUT2D eigenvalue weighted by Crippen LogP contribution is -2.42. The normalized spacial score (nSPS) is 20.0. The Labute approximate surface area is 127 Å². The van der Waals surface area contributed by atoms with Crippen LogP contribution in [0.3, 0.4) is 0 Å². The van der Waals surface area contributed by atoms with Crippen molar-refractivity contribution in [1.82, 2.24) is 9.80 Å². The van der Waals surface area contributed by atoms with Crippen LogP contribution in [0.1, 0.15) is 31.2 Å². The number of rotatable bonds is 5. The molecule has 21 heavy (non-hydrogen) atoms. The lowest BCUT2D eigenvalue weighted by molar-refractivity contribution is -0.130. The Bertz CT molecular complexity index is 509. The van der Waals surface area contributed by atoms with Crippen molar-refractivity contribution >= 4 is 5.91 Å². The van der Waals surface area contributed by atoms with Crippen LogP contribution in [0.5, 0.6) is 0 Å². The second kappa shape index (κ2) is 7.24. The molecule has 1 aromatic rings. The Morgan fingerprint density at radius 1 is 1.48 bits per heavy atom. The molecule has 0 aromatic heterocycles. The Morgan fingerprint density at radius 3 is 2.81 bits per heavy atom. The van der Waals surface area contributed by atoms with Crippen LogP contribution in [-0.4, -0.2) is 48.4 Å². The van der Waals surface area contributed by atoms with Crippen LogP contribution in [0.25, 0.3) is 0 Å². The molecular formula is C17H23N3O. The number of nitrogens with zero attached hydrogens (tertiary/aromatic N) is 3. The average Bonchev–Trinajstić information content (AvgIpc) is 2.96. The zero-order chi connectivity index (χ0) is 15.2. The highest BCUT2D eigenvalue weighted by Gasteiger charge is 2.29. The molecule has 0 radical (unpaired) electrons. The number of amides is 1. The summed E-state index contributed by atoms with van der Waals surface area (Å²) in [4.78, 5) is 16.7. The molecule has 2 rings (SSSR count). The molecule has 0 bridgehead atoms. The van der Waals surface area contributed by atoms with E-state index < -0.39 is 5.92 Å². The van der Waals surface area contributed by atoms with Crippen LogP contribution in [0.15, 0.2) is 30.3 Å². The van der Waals surface area contributed by atoms with Gasteiger partial charge in [0.25, 0.3) is 0 Å². The monoisotopic (exact) mass is 285 g/mol. The summed E-state index contributed by atoms with van der Waals surface area (Å²) < 4.78 is 0. The van der Waals surface area contributed by atoms with Gasteiger partial charge in [0.05, 0.1) is 6.07 Å². The zero-order valence-corrected chi connectivity index (χ0v) is 12.8. The first-order valence-corrected chi connectivity index (χ1v) is 7.61. The van der Waals surface area contributed by atoms with E-state index in [2.05, 4.69) is 17.9 Å². The van der Waals surface area contributed by atoms with Gasteiger partial charge in [0, 0.05) is 19.6 Å². The highest BCUT2D eigenvalue weighted by atomic mass is 16.2. The third-order valence-corrected chi connectivity index (χ3v) is 4.28. The average molecular weight is 285 g/mol. The Balaban J connectivity index is 2.03. The van der Waals surface area contributed by atoms with Gasteiger partial charge < -0.3 is 4.90 Å². The minimum atomic E-state index is -0.701. The SMILES string of the molecule is CCN1CCCC1CN(C)C(=O)C(C#N)c1ccccc1. The molecule has 0 spiro atoms. The second-order valence-electron chi connectivity index (χ2n) is 5.62. The molecule has 0 aliphatic carbocycles. The molecule has 1 aromatic carbocycles. The predicted octanol–water partition coefficient (Wildman–Crippen LogP) is 2.24. The molecule has 1 aliphatic rings. The molecule has 4 nitrogen and oxygen atoms in total. The number of likely N-dealkylation sites (N-methyl/N-ethyl adjacent to an activating group) is 2. The minimum Gasteiger partial charge on any atom is -0.343 e. The molecule has 1 saturated heterocycles. The maximum absolute atomic E-state index is 12.5. The van der Waals surface area contributed by atoms with Crippen molar-refractivity contribution in [3.8, 4) is 6.07 Å². The largest absolute Gasteiger partial charge is 0.343 e. The minimum absolute atomic E-state index is 0.105. The lowest BCUT2D eigenvalue weighted by Gasteiger charge is -2.28. The van der Waals surface area contributed by atoms with E-state index in [1.165, 1.54) is 6.42 Å². The number of carbonyl (C=O) groups is 1. The molecule has 1 heterocycles. The highest BCUT2D eigenvalue weighted by Crippen LogP contribution is 2.21. The summed E-state index contributed by atoms with van der Waals surface area (Å²) in [6, 6.07) is 11.9. The van der Waals surface area contributed by atoms with Crippen LogP contribution < -0.4 is 0 Å². The molecule has 2 atom stereocenters. The van der Waals surface area contributed by atoms with Gasteiger partial charge in [0.15, 0.2) is 0 Å². The van der Waals surface area contributed by atoms with Crippen molar-refractivity contribution in [2.45, 2.75) is 31.7 Å². The van der Waals surface area contributed by atoms with E-state index in [0.29, 0.717) is 12.6 Å². The third kappa shape index (κ3) is 3.62. The van der Waals surface area contributed by atoms with Gasteiger partial charge >= 0.3 is 0 Å². The predicted molar refractivity (Wildman–Crippen MR) is 82.7 cm³/mol. The summed E-state index contributed by atoms with van der Waals surface area (Å²) in [5.41, 5.74) is 0.774. The van der Waals surface area contributed by atoms with Crippen LogP contribution in [-0.2, 0) is 4.79 Å². The molecule has 1 amide bonds. The summed E-state index contributed by atoms with van der Waals surface area (Å²) in [6.07, 6.45) is 2.33. The Kier molecular flexibility index (Phi) is 5.35. The summed E-state index contributed by atoms with van der Waals surface area (Å²) in [5, 5.41) is 9.35. The van der Waals surface area contributed by atoms with E-state index in [4.69, 9.17) is 0 Å². The van der Waals surface area contributed by atoms with E-state index in [-0.39, 0.29) is 5.91 Å². The lowest BCUT2D eigenvalue weighted by atomic mass is 9.99. The standard InChI is InChI=1S/C17H23N3O/c1-3-20-11-7-10-15(20)13-19(2)17(21)16(12-18)14-8-5-4-6-9-14/h4-6,8-9,15-16H,3,7,10-11,13H2,1-2H3. The molecule has 0 saturated carbocycles. The summed E-state index contributed by atoms with van der Waals surface area (Å²) >= 11 is 0. The van der Waals surface area contributed by atoms with E-state index in [0.717, 1.165) is 25.1 Å². The van der Waals surface area contributed by atoms with Crippen LogP contribution >= 0.6 is 0 Å². The van der Waals surface area contributed by atoms with Crippen molar-refractivity contribution in [1.29, 1.82) is 5.26 Å². The zero-order valence-electron chi connectivity index (χ0n) is 12.8. The Hall–Kier alpha value is -1.86. The maximum Gasteiger partial charge on any atom is 0.244 e. The quantitative estimate of drug-likeness (QED) is 0.833. The first-order valence-electron chi connectivity index (χ1n) is 7.61. The fourth-order valence-corrected chi connectivity index (χ4v) is 3.06. The maximum atomic E-state index is 12.5. The smallest absolute Gasteiger partial charge is 0.244 e. The summed E-state index contributed by atoms with van der Waals surface area (Å²) in [6.45, 7) is 5.00. The third-order valence-electron chi connectivity index (χ3n) is 4.28. The van der Waals surface area contributed by atoms with Gasteiger partial charge in [-0.1, -0.05) is 37.3 Å². The summed E-state index contributed by atoms with van der Waals surface area (Å²) in [5.74, 6) is -0.806. The van der Waals surface area contributed by atoms with Crippen LogP contribution in [0.4, 0.5) is 0 Å². The van der Waals surface area contributed by atoms with Gasteiger partial charge in [0.1, 0.15) is 5.92 Å². The number of likely N-dealkylation sites (tertiary alicyclic amines) is 1. The van der Waals surface area contributed by atoms with Gasteiger partial charge in [-0.05, 0) is 31.5 Å². The van der Waals surface area contributed by atoms with Crippen molar-refractivity contribution in [2.24, 2.45) is 0 Å². The van der Waals surface area contributed by atoms with E-state index >= 15 is 0 Å². The number of hydrogen-bond donors (Lipinski definition) is 0. The fraction of sp³-hybridized carbons (Fsp3) is 0.529. The second-order valence-corrected chi connectivity index (χ2v) is 5.62. The molecule has 2 unspecified atom stereocenters. The molecule has 112 valence electrons. The number of carbonyl (C=O) groups excluding carboxylic acids is 1. The van der Waals surface area contributed by atoms with E-state index in [9.17, 15) is 10.1 Å². The Morgan fingerprint density at radius 2 is 2.19 bits per heavy atom. The van der Waals surface area contributed by atoms with Crippen molar-refractivity contribution in [3.05, 3.63) is 35.9 Å². The molecule has 1 aliphatic heterocycles. The van der Waals surface area contributed by atoms with Crippen molar-refractivity contribution in [3.63, 3.8) is 0 Å². The number of nitriles is 1. The van der Waals surface area contributed by atoms with Gasteiger partial charge in [-0.25, -0.2) is 0 Å². The van der Waals surface area contributed by atoms with Crippen molar-refractivity contribution < 1.29 is 4.79 Å². The van der Waals surface area contributed by atoms with Gasteiger partial charge in [-0.15, -0.1) is 0 Å². The van der Waals surface area contributed by atoms with E-state index in [1.54, 1.807) is 4.90 Å². The number of benzene rings is 1. The molecule has 4 heteroatoms.